The molecule has 0 radical (unpaired) electrons. The summed E-state index contributed by atoms with van der Waals surface area (Å²) in [6.07, 6.45) is 3.51. The largest absolute Gasteiger partial charge is 0.332 e. The summed E-state index contributed by atoms with van der Waals surface area (Å²) in [7, 11) is 0. The van der Waals surface area contributed by atoms with E-state index in [1.165, 1.54) is 4.57 Å². The van der Waals surface area contributed by atoms with Gasteiger partial charge >= 0.3 is 5.69 Å². The number of nitrogens with one attached hydrogen (secondary N) is 1. The van der Waals surface area contributed by atoms with Crippen molar-refractivity contribution in [3.63, 3.8) is 0 Å². The monoisotopic (exact) mass is 291 g/mol. The Morgan fingerprint density at radius 3 is 2.76 bits per heavy atom. The lowest BCUT2D eigenvalue weighted by atomic mass is 10.2. The van der Waals surface area contributed by atoms with E-state index < -0.39 is 0 Å². The van der Waals surface area contributed by atoms with E-state index in [-0.39, 0.29) is 17.3 Å². The summed E-state index contributed by atoms with van der Waals surface area (Å²) in [6.45, 7) is 6.58. The first-order valence-electron chi connectivity index (χ1n) is 7.59. The highest BCUT2D eigenvalue weighted by Gasteiger charge is 2.23. The quantitative estimate of drug-likeness (QED) is 0.880. The molecule has 1 saturated heterocycles. The maximum absolute atomic E-state index is 12.6. The molecule has 1 N–H and O–H groups in total. The van der Waals surface area contributed by atoms with Crippen LogP contribution in [-0.2, 0) is 13.1 Å². The molecule has 0 aliphatic carbocycles. The molecule has 7 heteroatoms. The van der Waals surface area contributed by atoms with Crippen LogP contribution in [-0.4, -0.2) is 31.8 Å². The molecule has 0 spiro atoms. The Morgan fingerprint density at radius 1 is 1.33 bits per heavy atom. The zero-order valence-electron chi connectivity index (χ0n) is 12.5. The van der Waals surface area contributed by atoms with E-state index in [2.05, 4.69) is 10.3 Å². The fourth-order valence-electron chi connectivity index (χ4n) is 3.06. The third-order valence-corrected chi connectivity index (χ3v) is 4.13. The first-order chi connectivity index (χ1) is 10.2. The molecule has 7 nitrogen and oxygen atoms in total. The molecule has 0 saturated carbocycles. The molecule has 3 heterocycles. The third kappa shape index (κ3) is 2.12. The summed E-state index contributed by atoms with van der Waals surface area (Å²) in [6, 6.07) is 0.237. The molecule has 114 valence electrons. The molecule has 0 aromatic carbocycles. The van der Waals surface area contributed by atoms with Crippen molar-refractivity contribution in [1.82, 2.24) is 24.0 Å². The Balaban J connectivity index is 2.32. The predicted molar refractivity (Wildman–Crippen MR) is 80.7 cm³/mol. The molecule has 2 aromatic heterocycles. The maximum atomic E-state index is 12.6. The van der Waals surface area contributed by atoms with Crippen LogP contribution in [0.4, 0.5) is 0 Å². The average Bonchev–Trinajstić information content (AvgIpc) is 3.12. The van der Waals surface area contributed by atoms with Crippen LogP contribution in [0, 0.1) is 0 Å². The molecule has 1 atom stereocenters. The van der Waals surface area contributed by atoms with Crippen LogP contribution < -0.4 is 16.6 Å². The Morgan fingerprint density at radius 2 is 2.14 bits per heavy atom. The highest BCUT2D eigenvalue weighted by atomic mass is 16.2. The van der Waals surface area contributed by atoms with Gasteiger partial charge in [-0.15, -0.1) is 0 Å². The molecule has 3 rings (SSSR count). The molecule has 0 bridgehead atoms. The molecular weight excluding hydrogens is 270 g/mol. The molecule has 2 aromatic rings. The number of nitrogens with zero attached hydrogens (tertiary/aromatic N) is 4. The van der Waals surface area contributed by atoms with Gasteiger partial charge in [-0.25, -0.2) is 9.78 Å². The van der Waals surface area contributed by atoms with E-state index >= 15 is 0 Å². The van der Waals surface area contributed by atoms with Crippen LogP contribution in [0.3, 0.4) is 0 Å². The van der Waals surface area contributed by atoms with Gasteiger partial charge in [0.2, 0.25) is 0 Å². The first-order valence-corrected chi connectivity index (χ1v) is 7.59. The lowest BCUT2D eigenvalue weighted by Crippen LogP contribution is -2.40. The number of rotatable bonds is 4. The number of aromatic nitrogens is 4. The fourth-order valence-corrected chi connectivity index (χ4v) is 3.06. The minimum atomic E-state index is -0.258. The van der Waals surface area contributed by atoms with E-state index in [0.29, 0.717) is 24.3 Å². The average molecular weight is 291 g/mol. The molecule has 21 heavy (non-hydrogen) atoms. The minimum absolute atomic E-state index is 0.228. The molecular formula is C14H21N5O2. The second-order valence-corrected chi connectivity index (χ2v) is 5.45. The van der Waals surface area contributed by atoms with Gasteiger partial charge in [-0.05, 0) is 26.3 Å². The van der Waals surface area contributed by atoms with Crippen molar-refractivity contribution in [2.75, 3.05) is 13.1 Å². The van der Waals surface area contributed by atoms with E-state index in [1.807, 2.05) is 18.4 Å². The topological polar surface area (TPSA) is 73.8 Å². The van der Waals surface area contributed by atoms with E-state index in [1.54, 1.807) is 10.9 Å². The standard InChI is InChI=1S/C14H21N5O2/c1-3-7-18-12-11(13(20)17(4-2)14(18)21)19(9-16-12)10-5-6-15-8-10/h9-10,15H,3-8H2,1-2H3. The zero-order valence-corrected chi connectivity index (χ0v) is 12.5. The third-order valence-electron chi connectivity index (χ3n) is 4.13. The van der Waals surface area contributed by atoms with Gasteiger partial charge in [0.1, 0.15) is 0 Å². The summed E-state index contributed by atoms with van der Waals surface area (Å²) >= 11 is 0. The Labute approximate surface area is 122 Å². The summed E-state index contributed by atoms with van der Waals surface area (Å²) in [4.78, 5) is 29.4. The smallest absolute Gasteiger partial charge is 0.320 e. The normalized spacial score (nSPS) is 18.7. The van der Waals surface area contributed by atoms with Gasteiger partial charge in [0.05, 0.1) is 6.33 Å². The number of aryl methyl sites for hydroxylation is 1. The lowest BCUT2D eigenvalue weighted by molar-refractivity contribution is 0.549. The Kier molecular flexibility index (Phi) is 3.67. The van der Waals surface area contributed by atoms with Gasteiger partial charge in [0.15, 0.2) is 11.2 Å². The van der Waals surface area contributed by atoms with Gasteiger partial charge in [0, 0.05) is 25.7 Å². The van der Waals surface area contributed by atoms with Crippen molar-refractivity contribution in [3.05, 3.63) is 27.2 Å². The molecule has 0 amide bonds. The van der Waals surface area contributed by atoms with Crippen LogP contribution >= 0.6 is 0 Å². The second-order valence-electron chi connectivity index (χ2n) is 5.45. The van der Waals surface area contributed by atoms with Gasteiger partial charge in [-0.3, -0.25) is 13.9 Å². The number of fused-ring (bicyclic) bond motifs is 1. The number of imidazole rings is 1. The predicted octanol–water partition coefficient (Wildman–Crippen LogP) is 0.324. The van der Waals surface area contributed by atoms with E-state index in [4.69, 9.17) is 0 Å². The van der Waals surface area contributed by atoms with Crippen molar-refractivity contribution in [3.8, 4) is 0 Å². The minimum Gasteiger partial charge on any atom is -0.320 e. The van der Waals surface area contributed by atoms with E-state index in [9.17, 15) is 9.59 Å². The van der Waals surface area contributed by atoms with Gasteiger partial charge in [-0.2, -0.15) is 0 Å². The zero-order chi connectivity index (χ0) is 15.0. The second kappa shape index (κ2) is 5.48. The number of hydrogen-bond donors (Lipinski definition) is 1. The summed E-state index contributed by atoms with van der Waals surface area (Å²) in [5, 5.41) is 3.30. The van der Waals surface area contributed by atoms with Crippen molar-refractivity contribution in [2.45, 2.75) is 45.8 Å². The summed E-state index contributed by atoms with van der Waals surface area (Å²) in [5.41, 5.74) is 0.586. The van der Waals surface area contributed by atoms with Crippen molar-refractivity contribution < 1.29 is 0 Å². The maximum Gasteiger partial charge on any atom is 0.332 e. The Bertz CT molecular complexity index is 764. The molecule has 1 unspecified atom stereocenters. The van der Waals surface area contributed by atoms with Crippen molar-refractivity contribution in [1.29, 1.82) is 0 Å². The lowest BCUT2D eigenvalue weighted by Gasteiger charge is -2.13. The SMILES string of the molecule is CCCn1c(=O)n(CC)c(=O)c2c1ncn2C1CCNC1. The fraction of sp³-hybridized carbons (Fsp3) is 0.643. The van der Waals surface area contributed by atoms with Gasteiger partial charge in [0.25, 0.3) is 5.56 Å². The van der Waals surface area contributed by atoms with Crippen LogP contribution in [0.2, 0.25) is 0 Å². The highest BCUT2D eigenvalue weighted by Crippen LogP contribution is 2.19. The van der Waals surface area contributed by atoms with E-state index in [0.717, 1.165) is 25.9 Å². The summed E-state index contributed by atoms with van der Waals surface area (Å²) < 4.78 is 4.87. The molecule has 1 fully saturated rings. The van der Waals surface area contributed by atoms with Gasteiger partial charge in [-0.1, -0.05) is 6.92 Å². The van der Waals surface area contributed by atoms with Crippen LogP contribution in [0.15, 0.2) is 15.9 Å². The first kappa shape index (κ1) is 14.1. The van der Waals surface area contributed by atoms with Crippen molar-refractivity contribution in [2.24, 2.45) is 0 Å². The summed E-state index contributed by atoms with van der Waals surface area (Å²) in [5.74, 6) is 0. The van der Waals surface area contributed by atoms with Gasteiger partial charge < -0.3 is 9.88 Å². The van der Waals surface area contributed by atoms with Crippen LogP contribution in [0.25, 0.3) is 11.2 Å². The van der Waals surface area contributed by atoms with Crippen molar-refractivity contribution >= 4 is 11.2 Å². The molecule has 1 aliphatic heterocycles. The number of hydrogen-bond acceptors (Lipinski definition) is 4. The highest BCUT2D eigenvalue weighted by molar-refractivity contribution is 5.70. The molecule has 1 aliphatic rings. The van der Waals surface area contributed by atoms with Crippen LogP contribution in [0.5, 0.6) is 0 Å². The Hall–Kier alpha value is -1.89. The van der Waals surface area contributed by atoms with Crippen LogP contribution in [0.1, 0.15) is 32.7 Å².